The van der Waals surface area contributed by atoms with Crippen molar-refractivity contribution in [2.75, 3.05) is 37.7 Å². The van der Waals surface area contributed by atoms with E-state index in [-0.39, 0.29) is 44.3 Å². The highest BCUT2D eigenvalue weighted by Crippen LogP contribution is 2.44. The predicted octanol–water partition coefficient (Wildman–Crippen LogP) is 5.96. The van der Waals surface area contributed by atoms with Gasteiger partial charge in [0.25, 0.3) is 0 Å². The number of hydrogen-bond donors (Lipinski definition) is 2. The number of phenols is 1. The number of anilines is 1. The number of hydrogen-bond acceptors (Lipinski definition) is 7. The molecule has 0 amide bonds. The summed E-state index contributed by atoms with van der Waals surface area (Å²) in [6.07, 6.45) is 0.746. The first-order chi connectivity index (χ1) is 20.8. The Hall–Kier alpha value is -3.27. The molecule has 4 aliphatic rings. The molecule has 3 aromatic carbocycles. The molecular formula is C33H34ClF2N5O2. The van der Waals surface area contributed by atoms with Gasteiger partial charge in [-0.2, -0.15) is 9.97 Å². The molecule has 0 aliphatic carbocycles. The van der Waals surface area contributed by atoms with Gasteiger partial charge in [-0.1, -0.05) is 35.9 Å². The number of nitrogens with one attached hydrogen (secondary N) is 1. The van der Waals surface area contributed by atoms with Crippen molar-refractivity contribution < 1.29 is 18.6 Å². The van der Waals surface area contributed by atoms with Gasteiger partial charge in [0, 0.05) is 67.1 Å². The molecule has 4 unspecified atom stereocenters. The quantitative estimate of drug-likeness (QED) is 0.291. The van der Waals surface area contributed by atoms with E-state index >= 15 is 0 Å². The van der Waals surface area contributed by atoms with Crippen molar-refractivity contribution >= 4 is 39.1 Å². The summed E-state index contributed by atoms with van der Waals surface area (Å²) in [5.74, 6) is 0.914. The molecule has 4 fully saturated rings. The highest BCUT2D eigenvalue weighted by atomic mass is 35.5. The monoisotopic (exact) mass is 605 g/mol. The van der Waals surface area contributed by atoms with E-state index < -0.39 is 17.9 Å². The van der Waals surface area contributed by atoms with Crippen molar-refractivity contribution in [2.24, 2.45) is 0 Å². The number of benzene rings is 3. The van der Waals surface area contributed by atoms with E-state index in [9.17, 15) is 13.9 Å². The number of phenolic OH excluding ortho intramolecular Hbond substituents is 1. The van der Waals surface area contributed by atoms with E-state index in [4.69, 9.17) is 26.3 Å². The summed E-state index contributed by atoms with van der Waals surface area (Å²) in [4.78, 5) is 14.0. The first-order valence-electron chi connectivity index (χ1n) is 15.2. The number of ether oxygens (including phenoxy) is 1. The van der Waals surface area contributed by atoms with E-state index in [0.717, 1.165) is 64.6 Å². The highest BCUT2D eigenvalue weighted by Gasteiger charge is 2.53. The number of alkyl halides is 2. The molecule has 2 N–H and O–H groups in total. The number of piperazine rings is 1. The fourth-order valence-corrected chi connectivity index (χ4v) is 8.46. The minimum atomic E-state index is -0.996. The van der Waals surface area contributed by atoms with Gasteiger partial charge in [-0.15, -0.1) is 0 Å². The Balaban J connectivity index is 1.27. The van der Waals surface area contributed by atoms with Gasteiger partial charge in [0.2, 0.25) is 0 Å². The molecule has 8 rings (SSSR count). The lowest BCUT2D eigenvalue weighted by molar-refractivity contribution is 0.107. The Morgan fingerprint density at radius 1 is 1.00 bits per heavy atom. The van der Waals surface area contributed by atoms with Gasteiger partial charge in [0.15, 0.2) is 0 Å². The maximum absolute atomic E-state index is 14.5. The minimum absolute atomic E-state index is 0.127. The molecule has 4 saturated heterocycles. The number of nitrogens with zero attached hydrogens (tertiary/aromatic N) is 4. The van der Waals surface area contributed by atoms with Crippen LogP contribution < -0.4 is 15.0 Å². The molecule has 1 aromatic heterocycles. The second kappa shape index (κ2) is 10.1. The van der Waals surface area contributed by atoms with E-state index in [0.29, 0.717) is 22.6 Å². The summed E-state index contributed by atoms with van der Waals surface area (Å²) in [5.41, 5.74) is 2.47. The lowest BCUT2D eigenvalue weighted by Crippen LogP contribution is -2.51. The smallest absolute Gasteiger partial charge is 0.319 e. The number of halogens is 3. The highest BCUT2D eigenvalue weighted by molar-refractivity contribution is 6.35. The van der Waals surface area contributed by atoms with Crippen molar-refractivity contribution in [3.8, 4) is 22.9 Å². The lowest BCUT2D eigenvalue weighted by atomic mass is 9.93. The number of aromatic hydroxyl groups is 1. The van der Waals surface area contributed by atoms with Crippen LogP contribution in [0.3, 0.4) is 0 Å². The Bertz CT molecular complexity index is 1730. The van der Waals surface area contributed by atoms with Crippen molar-refractivity contribution in [3.05, 3.63) is 53.1 Å². The summed E-state index contributed by atoms with van der Waals surface area (Å²) < 4.78 is 35.3. The Morgan fingerprint density at radius 2 is 1.72 bits per heavy atom. The van der Waals surface area contributed by atoms with Gasteiger partial charge in [-0.25, -0.2) is 8.78 Å². The molecule has 43 heavy (non-hydrogen) atoms. The molecule has 5 heterocycles. The van der Waals surface area contributed by atoms with Crippen LogP contribution in [0.2, 0.25) is 5.02 Å². The molecule has 5 atom stereocenters. The first kappa shape index (κ1) is 27.3. The number of fused-ring (bicyclic) bond motifs is 5. The molecule has 2 bridgehead atoms. The molecule has 0 spiro atoms. The Morgan fingerprint density at radius 3 is 2.47 bits per heavy atom. The molecular weight excluding hydrogens is 572 g/mol. The topological polar surface area (TPSA) is 73.8 Å². The fraction of sp³-hybridized carbons (Fsp3) is 0.455. The van der Waals surface area contributed by atoms with Crippen LogP contribution in [0.25, 0.3) is 32.8 Å². The van der Waals surface area contributed by atoms with Crippen LogP contribution in [-0.2, 0) is 0 Å². The third kappa shape index (κ3) is 4.59. The van der Waals surface area contributed by atoms with Crippen molar-refractivity contribution in [3.63, 3.8) is 0 Å². The summed E-state index contributed by atoms with van der Waals surface area (Å²) in [7, 11) is 0. The molecule has 4 aliphatic heterocycles. The zero-order valence-electron chi connectivity index (χ0n) is 24.0. The third-order valence-corrected chi connectivity index (χ3v) is 10.3. The van der Waals surface area contributed by atoms with Gasteiger partial charge >= 0.3 is 6.01 Å². The van der Waals surface area contributed by atoms with E-state index in [1.54, 1.807) is 12.1 Å². The molecule has 10 heteroatoms. The summed E-state index contributed by atoms with van der Waals surface area (Å²) >= 11 is 7.07. The third-order valence-electron chi connectivity index (χ3n) is 9.96. The molecule has 0 radical (unpaired) electrons. The van der Waals surface area contributed by atoms with E-state index in [2.05, 4.69) is 10.2 Å². The Kier molecular flexibility index (Phi) is 6.44. The largest absolute Gasteiger partial charge is 0.508 e. The SMILES string of the molecule is Cc1c(-c2cc(O)cc3ccccc23)c(Cl)cc2c(N3CC4CCC(C3)N4)nc(OCC34CC(F)CN3C[C@H](F)C4)nc12. The average molecular weight is 606 g/mol. The minimum Gasteiger partial charge on any atom is -0.508 e. The standard InChI is InChI=1S/C33H34ClF2N5O2/c1-18-29(26-9-24(42)8-19-4-2-3-5-25(19)26)28(34)10-27-30(18)38-32(39-31(27)40-15-22-6-7-23(16-40)37-22)43-17-33-11-20(35)13-41(33)14-21(36)12-33/h2-5,8-10,20-23,37,42H,6-7,11-17H2,1H3/t20-,21?,22?,23?,33?/m1/s1. The normalized spacial score (nSPS) is 28.7. The van der Waals surface area contributed by atoms with Crippen molar-refractivity contribution in [2.45, 2.75) is 62.6 Å². The summed E-state index contributed by atoms with van der Waals surface area (Å²) in [6.45, 7) is 4.19. The van der Waals surface area contributed by atoms with Crippen molar-refractivity contribution in [1.29, 1.82) is 0 Å². The average Bonchev–Trinajstić information content (AvgIpc) is 3.58. The lowest BCUT2D eigenvalue weighted by Gasteiger charge is -2.35. The van der Waals surface area contributed by atoms with Gasteiger partial charge in [0.1, 0.15) is 30.5 Å². The number of aromatic nitrogens is 2. The van der Waals surface area contributed by atoms with Crippen LogP contribution >= 0.6 is 11.6 Å². The van der Waals surface area contributed by atoms with Crippen LogP contribution in [0.5, 0.6) is 11.8 Å². The second-order valence-corrected chi connectivity index (χ2v) is 13.3. The van der Waals surface area contributed by atoms with E-state index in [1.165, 1.54) is 0 Å². The molecule has 224 valence electrons. The van der Waals surface area contributed by atoms with Crippen molar-refractivity contribution in [1.82, 2.24) is 20.2 Å². The Labute approximate surface area is 253 Å². The second-order valence-electron chi connectivity index (χ2n) is 12.9. The fourth-order valence-electron chi connectivity index (χ4n) is 8.10. The first-order valence-corrected chi connectivity index (χ1v) is 15.5. The zero-order valence-corrected chi connectivity index (χ0v) is 24.7. The maximum Gasteiger partial charge on any atom is 0.319 e. The molecule has 4 aromatic rings. The zero-order chi connectivity index (χ0) is 29.5. The van der Waals surface area contributed by atoms with Gasteiger partial charge < -0.3 is 20.1 Å². The van der Waals surface area contributed by atoms with Crippen LogP contribution in [0.15, 0.2) is 42.5 Å². The van der Waals surface area contributed by atoms with Crippen LogP contribution in [0.4, 0.5) is 14.6 Å². The van der Waals surface area contributed by atoms with Crippen LogP contribution in [-0.4, -0.2) is 82.7 Å². The molecule has 7 nitrogen and oxygen atoms in total. The maximum atomic E-state index is 14.5. The number of rotatable bonds is 5. The summed E-state index contributed by atoms with van der Waals surface area (Å²) in [6, 6.07) is 14.3. The van der Waals surface area contributed by atoms with Crippen LogP contribution in [0.1, 0.15) is 31.2 Å². The summed E-state index contributed by atoms with van der Waals surface area (Å²) in [5, 5.41) is 17.5. The van der Waals surface area contributed by atoms with Gasteiger partial charge in [-0.05, 0) is 59.9 Å². The number of aryl methyl sites for hydroxylation is 1. The van der Waals surface area contributed by atoms with Gasteiger partial charge in [-0.3, -0.25) is 4.90 Å². The van der Waals surface area contributed by atoms with Crippen LogP contribution in [0, 0.1) is 6.92 Å². The molecule has 0 saturated carbocycles. The van der Waals surface area contributed by atoms with E-state index in [1.807, 2.05) is 42.2 Å². The van der Waals surface area contributed by atoms with Gasteiger partial charge in [0.05, 0.1) is 11.1 Å². The predicted molar refractivity (Wildman–Crippen MR) is 165 cm³/mol.